The van der Waals surface area contributed by atoms with Crippen molar-refractivity contribution in [1.29, 1.82) is 0 Å². The van der Waals surface area contributed by atoms with E-state index in [2.05, 4.69) is 29.0 Å². The summed E-state index contributed by atoms with van der Waals surface area (Å²) in [6.45, 7) is 9.55. The minimum atomic E-state index is -1.03. The number of ether oxygens (including phenoxy) is 1. The maximum absolute atomic E-state index is 14.9. The zero-order chi connectivity index (χ0) is 23.0. The van der Waals surface area contributed by atoms with Gasteiger partial charge < -0.3 is 4.74 Å². The fourth-order valence-corrected chi connectivity index (χ4v) is 4.52. The molecule has 0 saturated heterocycles. The van der Waals surface area contributed by atoms with Crippen molar-refractivity contribution in [1.82, 2.24) is 15.2 Å². The number of rotatable bonds is 4. The van der Waals surface area contributed by atoms with Gasteiger partial charge in [0.15, 0.2) is 5.69 Å². The third kappa shape index (κ3) is 4.19. The summed E-state index contributed by atoms with van der Waals surface area (Å²) in [5.41, 5.74) is 3.84. The maximum Gasteiger partial charge on any atom is 0.247 e. The summed E-state index contributed by atoms with van der Waals surface area (Å²) in [6, 6.07) is 10.2. The van der Waals surface area contributed by atoms with Gasteiger partial charge in [-0.05, 0) is 37.5 Å². The first-order valence-electron chi connectivity index (χ1n) is 10.5. The molecule has 32 heavy (non-hydrogen) atoms. The molecule has 1 amide bonds. The zero-order valence-corrected chi connectivity index (χ0v) is 19.5. The van der Waals surface area contributed by atoms with Crippen molar-refractivity contribution in [2.24, 2.45) is 5.92 Å². The predicted molar refractivity (Wildman–Crippen MR) is 123 cm³/mol. The molecule has 1 unspecified atom stereocenters. The van der Waals surface area contributed by atoms with Gasteiger partial charge in [-0.2, -0.15) is 4.98 Å². The van der Waals surface area contributed by atoms with Crippen molar-refractivity contribution in [2.45, 2.75) is 46.0 Å². The highest BCUT2D eigenvalue weighted by molar-refractivity contribution is 7.99. The van der Waals surface area contributed by atoms with Gasteiger partial charge in [-0.15, -0.1) is 10.2 Å². The van der Waals surface area contributed by atoms with Crippen molar-refractivity contribution in [3.8, 4) is 17.1 Å². The highest BCUT2D eigenvalue weighted by Crippen LogP contribution is 2.45. The van der Waals surface area contributed by atoms with E-state index in [1.165, 1.54) is 29.7 Å². The monoisotopic (exact) mass is 452 g/mol. The number of halogens is 1. The summed E-state index contributed by atoms with van der Waals surface area (Å²) in [4.78, 5) is 19.0. The van der Waals surface area contributed by atoms with Crippen LogP contribution in [0.15, 0.2) is 41.6 Å². The maximum atomic E-state index is 14.9. The minimum Gasteiger partial charge on any atom is -0.447 e. The van der Waals surface area contributed by atoms with Crippen LogP contribution in [0.3, 0.4) is 0 Å². The number of carbonyl (C=O) groups excluding carboxylic acids is 1. The van der Waals surface area contributed by atoms with Crippen molar-refractivity contribution < 1.29 is 13.9 Å². The summed E-state index contributed by atoms with van der Waals surface area (Å²) in [5.74, 6) is 0.769. The molecule has 4 rings (SSSR count). The number of carbonyl (C=O) groups is 1. The number of amides is 1. The fraction of sp³-hybridized carbons (Fsp3) is 0.333. The highest BCUT2D eigenvalue weighted by atomic mass is 32.2. The van der Waals surface area contributed by atoms with Crippen LogP contribution in [0.4, 0.5) is 10.1 Å². The fourth-order valence-electron chi connectivity index (χ4n) is 3.79. The van der Waals surface area contributed by atoms with Crippen LogP contribution in [0.1, 0.15) is 43.7 Å². The molecule has 166 valence electrons. The minimum absolute atomic E-state index is 0.231. The standard InChI is InChI=1S/C24H25FN4O2S/c1-13(2)12-32-24-26-22-20(27-28-24)18-11-14(3)10-15(4)21(18)29(16(5)30)23(31-22)17-8-6-7-9-19(17)25/h6-11,13,23H,12H2,1-5H3. The van der Waals surface area contributed by atoms with E-state index in [4.69, 9.17) is 4.74 Å². The van der Waals surface area contributed by atoms with Crippen LogP contribution in [0, 0.1) is 25.6 Å². The van der Waals surface area contributed by atoms with Gasteiger partial charge in [0.05, 0.1) is 5.69 Å². The van der Waals surface area contributed by atoms with Crippen molar-refractivity contribution in [3.63, 3.8) is 0 Å². The Hall–Kier alpha value is -3.00. The van der Waals surface area contributed by atoms with Gasteiger partial charge in [0.25, 0.3) is 0 Å². The number of aryl methyl sites for hydroxylation is 2. The van der Waals surface area contributed by atoms with Crippen LogP contribution in [-0.2, 0) is 4.79 Å². The Morgan fingerprint density at radius 1 is 1.22 bits per heavy atom. The molecular weight excluding hydrogens is 427 g/mol. The summed E-state index contributed by atoms with van der Waals surface area (Å²) in [7, 11) is 0. The third-order valence-corrected chi connectivity index (χ3v) is 6.35. The first kappa shape index (κ1) is 22.2. The van der Waals surface area contributed by atoms with E-state index < -0.39 is 12.0 Å². The Kier molecular flexibility index (Phi) is 6.15. The van der Waals surface area contributed by atoms with Crippen molar-refractivity contribution >= 4 is 23.4 Å². The number of thioether (sulfide) groups is 1. The lowest BCUT2D eigenvalue weighted by molar-refractivity contribution is -0.118. The van der Waals surface area contributed by atoms with E-state index in [0.29, 0.717) is 28.0 Å². The molecule has 0 N–H and O–H groups in total. The lowest BCUT2D eigenvalue weighted by Gasteiger charge is -2.31. The number of fused-ring (bicyclic) bond motifs is 3. The first-order valence-corrected chi connectivity index (χ1v) is 11.4. The number of nitrogens with zero attached hydrogens (tertiary/aromatic N) is 4. The predicted octanol–water partition coefficient (Wildman–Crippen LogP) is 5.49. The quantitative estimate of drug-likeness (QED) is 0.488. The molecule has 1 atom stereocenters. The Labute approximate surface area is 191 Å². The number of hydrogen-bond donors (Lipinski definition) is 0. The summed E-state index contributed by atoms with van der Waals surface area (Å²) in [5, 5.41) is 9.21. The smallest absolute Gasteiger partial charge is 0.247 e. The van der Waals surface area contributed by atoms with E-state index in [-0.39, 0.29) is 17.4 Å². The Morgan fingerprint density at radius 3 is 2.66 bits per heavy atom. The molecule has 0 bridgehead atoms. The molecule has 0 spiro atoms. The number of anilines is 1. The molecule has 6 nitrogen and oxygen atoms in total. The zero-order valence-electron chi connectivity index (χ0n) is 18.7. The van der Waals surface area contributed by atoms with Crippen LogP contribution >= 0.6 is 11.8 Å². The lowest BCUT2D eigenvalue weighted by atomic mass is 10.00. The molecule has 0 radical (unpaired) electrons. The molecule has 2 aromatic carbocycles. The average molecular weight is 453 g/mol. The average Bonchev–Trinajstić information content (AvgIpc) is 2.87. The van der Waals surface area contributed by atoms with E-state index in [1.807, 2.05) is 26.0 Å². The molecule has 0 saturated carbocycles. The van der Waals surface area contributed by atoms with Gasteiger partial charge in [0.1, 0.15) is 5.82 Å². The van der Waals surface area contributed by atoms with Gasteiger partial charge in [0, 0.05) is 23.8 Å². The van der Waals surface area contributed by atoms with E-state index in [0.717, 1.165) is 16.9 Å². The second kappa shape index (κ2) is 8.86. The topological polar surface area (TPSA) is 68.2 Å². The molecular formula is C24H25FN4O2S. The molecule has 1 aliphatic rings. The SMILES string of the molecule is CC(=O)N1c2c(C)cc(C)cc2-c2nnc(SCC(C)C)nc2OC1c1ccccc1F. The Balaban J connectivity index is 1.96. The van der Waals surface area contributed by atoms with Gasteiger partial charge in [-0.3, -0.25) is 9.69 Å². The van der Waals surface area contributed by atoms with E-state index in [1.54, 1.807) is 18.2 Å². The summed E-state index contributed by atoms with van der Waals surface area (Å²) >= 11 is 1.48. The largest absolute Gasteiger partial charge is 0.447 e. The van der Waals surface area contributed by atoms with Crippen molar-refractivity contribution in [2.75, 3.05) is 10.7 Å². The molecule has 0 aliphatic carbocycles. The van der Waals surface area contributed by atoms with E-state index in [9.17, 15) is 9.18 Å². The second-order valence-corrected chi connectivity index (χ2v) is 9.30. The molecule has 3 aromatic rings. The lowest BCUT2D eigenvalue weighted by Crippen LogP contribution is -2.37. The molecule has 8 heteroatoms. The van der Waals surface area contributed by atoms with Gasteiger partial charge in [-0.25, -0.2) is 4.39 Å². The number of benzene rings is 2. The number of aromatic nitrogens is 3. The molecule has 1 aliphatic heterocycles. The van der Waals surface area contributed by atoms with Gasteiger partial charge in [0.2, 0.25) is 23.2 Å². The normalized spacial score (nSPS) is 15.1. The Bertz CT molecular complexity index is 1180. The van der Waals surface area contributed by atoms with Crippen LogP contribution < -0.4 is 9.64 Å². The van der Waals surface area contributed by atoms with Gasteiger partial charge >= 0.3 is 0 Å². The molecule has 2 heterocycles. The third-order valence-electron chi connectivity index (χ3n) is 5.09. The summed E-state index contributed by atoms with van der Waals surface area (Å²) < 4.78 is 21.1. The highest BCUT2D eigenvalue weighted by Gasteiger charge is 2.37. The van der Waals surface area contributed by atoms with Gasteiger partial charge in [-0.1, -0.05) is 55.4 Å². The van der Waals surface area contributed by atoms with Crippen LogP contribution in [0.5, 0.6) is 5.88 Å². The Morgan fingerprint density at radius 2 is 1.97 bits per heavy atom. The summed E-state index contributed by atoms with van der Waals surface area (Å²) in [6.07, 6.45) is -1.03. The van der Waals surface area contributed by atoms with Crippen molar-refractivity contribution in [3.05, 3.63) is 58.9 Å². The first-order chi connectivity index (χ1) is 15.3. The molecule has 0 fully saturated rings. The second-order valence-electron chi connectivity index (χ2n) is 8.31. The number of hydrogen-bond acceptors (Lipinski definition) is 6. The van der Waals surface area contributed by atoms with E-state index >= 15 is 0 Å². The molecule has 1 aromatic heterocycles. The van der Waals surface area contributed by atoms with Crippen LogP contribution in [-0.4, -0.2) is 26.8 Å². The van der Waals surface area contributed by atoms with Crippen LogP contribution in [0.25, 0.3) is 11.3 Å². The van der Waals surface area contributed by atoms with Crippen LogP contribution in [0.2, 0.25) is 0 Å².